The molecule has 1 aliphatic carbocycles. The molecule has 1 saturated carbocycles. The van der Waals surface area contributed by atoms with Crippen molar-refractivity contribution in [2.45, 2.75) is 26.2 Å². The molecular weight excluding hydrogens is 150 g/mol. The number of nitrogens with zero attached hydrogens (tertiary/aromatic N) is 1. The molecule has 0 bridgehead atoms. The number of allylic oxidation sites excluding steroid dienone is 1. The maximum atomic E-state index is 5.81. The Balaban J connectivity index is 2.48. The van der Waals surface area contributed by atoms with E-state index in [1.807, 2.05) is 6.92 Å². The van der Waals surface area contributed by atoms with Crippen molar-refractivity contribution in [3.63, 3.8) is 0 Å². The standard InChI is InChI=1S/C9H17N3/c1-2-12-9(11)6-8(10)7-4-3-5-7/h6-7H,2-5,10H2,1H3,(H2,11,12). The molecule has 0 unspecified atom stereocenters. The molecular formula is C9H17N3. The molecule has 0 spiro atoms. The fraction of sp³-hybridized carbons (Fsp3) is 0.667. The second kappa shape index (κ2) is 4.14. The van der Waals surface area contributed by atoms with Gasteiger partial charge in [0.25, 0.3) is 0 Å². The molecule has 12 heavy (non-hydrogen) atoms. The third-order valence-corrected chi connectivity index (χ3v) is 2.23. The van der Waals surface area contributed by atoms with E-state index in [1.165, 1.54) is 19.3 Å². The molecule has 0 radical (unpaired) electrons. The smallest absolute Gasteiger partial charge is 0.119 e. The Morgan fingerprint density at radius 2 is 2.17 bits per heavy atom. The largest absolute Gasteiger partial charge is 0.402 e. The SMILES string of the molecule is CCN=C(N)C=C(N)C1CCC1. The number of amidine groups is 1. The predicted octanol–water partition coefficient (Wildman–Crippen LogP) is 1.01. The van der Waals surface area contributed by atoms with Crippen LogP contribution < -0.4 is 11.5 Å². The molecule has 68 valence electrons. The van der Waals surface area contributed by atoms with E-state index in [1.54, 1.807) is 6.08 Å². The molecule has 0 heterocycles. The summed E-state index contributed by atoms with van der Waals surface area (Å²) in [6.07, 6.45) is 5.51. The first-order valence-corrected chi connectivity index (χ1v) is 4.51. The zero-order chi connectivity index (χ0) is 8.97. The highest BCUT2D eigenvalue weighted by atomic mass is 14.8. The molecule has 3 heteroatoms. The summed E-state index contributed by atoms with van der Waals surface area (Å²) in [7, 11) is 0. The lowest BCUT2D eigenvalue weighted by Gasteiger charge is -2.25. The van der Waals surface area contributed by atoms with Gasteiger partial charge in [0.1, 0.15) is 5.84 Å². The number of rotatable bonds is 3. The van der Waals surface area contributed by atoms with E-state index in [-0.39, 0.29) is 0 Å². The first kappa shape index (κ1) is 9.10. The lowest BCUT2D eigenvalue weighted by molar-refractivity contribution is 0.365. The van der Waals surface area contributed by atoms with E-state index in [0.717, 1.165) is 12.2 Å². The van der Waals surface area contributed by atoms with Crippen LogP contribution in [0.5, 0.6) is 0 Å². The maximum Gasteiger partial charge on any atom is 0.119 e. The summed E-state index contributed by atoms with van der Waals surface area (Å²) in [6.45, 7) is 2.68. The van der Waals surface area contributed by atoms with Gasteiger partial charge in [0, 0.05) is 12.2 Å². The van der Waals surface area contributed by atoms with E-state index in [2.05, 4.69) is 4.99 Å². The number of hydrogen-bond acceptors (Lipinski definition) is 2. The van der Waals surface area contributed by atoms with Gasteiger partial charge in [-0.15, -0.1) is 0 Å². The molecule has 4 N–H and O–H groups in total. The molecule has 1 rings (SSSR count). The zero-order valence-corrected chi connectivity index (χ0v) is 7.59. The fourth-order valence-corrected chi connectivity index (χ4v) is 1.26. The molecule has 0 aromatic rings. The van der Waals surface area contributed by atoms with E-state index >= 15 is 0 Å². The highest BCUT2D eigenvalue weighted by Crippen LogP contribution is 2.30. The molecule has 1 fully saturated rings. The molecule has 1 aliphatic rings. The lowest BCUT2D eigenvalue weighted by Crippen LogP contribution is -2.22. The highest BCUT2D eigenvalue weighted by Gasteiger charge is 2.19. The van der Waals surface area contributed by atoms with Gasteiger partial charge in [-0.1, -0.05) is 6.42 Å². The topological polar surface area (TPSA) is 64.4 Å². The molecule has 0 amide bonds. The van der Waals surface area contributed by atoms with Crippen molar-refractivity contribution in [2.24, 2.45) is 22.4 Å². The van der Waals surface area contributed by atoms with Gasteiger partial charge in [0.15, 0.2) is 0 Å². The third kappa shape index (κ3) is 2.26. The first-order chi connectivity index (χ1) is 5.74. The Morgan fingerprint density at radius 1 is 1.50 bits per heavy atom. The zero-order valence-electron chi connectivity index (χ0n) is 7.59. The molecule has 0 aromatic heterocycles. The highest BCUT2D eigenvalue weighted by molar-refractivity contribution is 5.91. The van der Waals surface area contributed by atoms with Crippen LogP contribution >= 0.6 is 0 Å². The van der Waals surface area contributed by atoms with Crippen molar-refractivity contribution in [3.8, 4) is 0 Å². The normalized spacial score (nSPS) is 20.8. The summed E-state index contributed by atoms with van der Waals surface area (Å²) in [6, 6.07) is 0. The summed E-state index contributed by atoms with van der Waals surface area (Å²) < 4.78 is 0. The quantitative estimate of drug-likeness (QED) is 0.486. The van der Waals surface area contributed by atoms with E-state index in [4.69, 9.17) is 11.5 Å². The van der Waals surface area contributed by atoms with Gasteiger partial charge in [-0.25, -0.2) is 0 Å². The van der Waals surface area contributed by atoms with Crippen molar-refractivity contribution < 1.29 is 0 Å². The summed E-state index contributed by atoms with van der Waals surface area (Å²) in [5.41, 5.74) is 12.3. The average Bonchev–Trinajstić information content (AvgIpc) is 1.82. The van der Waals surface area contributed by atoms with Crippen LogP contribution in [0, 0.1) is 5.92 Å². The van der Waals surface area contributed by atoms with Crippen molar-refractivity contribution in [1.82, 2.24) is 0 Å². The molecule has 0 atom stereocenters. The van der Waals surface area contributed by atoms with Gasteiger partial charge >= 0.3 is 0 Å². The van der Waals surface area contributed by atoms with Crippen molar-refractivity contribution in [1.29, 1.82) is 0 Å². The second-order valence-corrected chi connectivity index (χ2v) is 3.17. The van der Waals surface area contributed by atoms with Gasteiger partial charge < -0.3 is 11.5 Å². The van der Waals surface area contributed by atoms with Gasteiger partial charge in [-0.3, -0.25) is 4.99 Å². The third-order valence-electron chi connectivity index (χ3n) is 2.23. The Kier molecular flexibility index (Phi) is 3.14. The van der Waals surface area contributed by atoms with Crippen LogP contribution in [-0.2, 0) is 0 Å². The number of aliphatic imine (C=N–C) groups is 1. The lowest BCUT2D eigenvalue weighted by atomic mass is 9.83. The Hall–Kier alpha value is -0.990. The van der Waals surface area contributed by atoms with E-state index < -0.39 is 0 Å². The molecule has 0 aliphatic heterocycles. The second-order valence-electron chi connectivity index (χ2n) is 3.17. The molecule has 0 saturated heterocycles. The van der Waals surface area contributed by atoms with Crippen LogP contribution in [0.3, 0.4) is 0 Å². The van der Waals surface area contributed by atoms with Gasteiger partial charge in [-0.05, 0) is 31.8 Å². The summed E-state index contributed by atoms with van der Waals surface area (Å²) >= 11 is 0. The molecule has 0 aromatic carbocycles. The van der Waals surface area contributed by atoms with Crippen molar-refractivity contribution in [3.05, 3.63) is 11.8 Å². The Bertz CT molecular complexity index is 202. The van der Waals surface area contributed by atoms with Crippen molar-refractivity contribution >= 4 is 5.84 Å². The van der Waals surface area contributed by atoms with Crippen LogP contribution in [-0.4, -0.2) is 12.4 Å². The minimum atomic E-state index is 0.557. The maximum absolute atomic E-state index is 5.81. The molecule has 3 nitrogen and oxygen atoms in total. The van der Waals surface area contributed by atoms with Crippen LogP contribution in [0.1, 0.15) is 26.2 Å². The minimum Gasteiger partial charge on any atom is -0.402 e. The summed E-state index contributed by atoms with van der Waals surface area (Å²) in [5, 5.41) is 0. The fourth-order valence-electron chi connectivity index (χ4n) is 1.26. The van der Waals surface area contributed by atoms with Crippen molar-refractivity contribution in [2.75, 3.05) is 6.54 Å². The van der Waals surface area contributed by atoms with Gasteiger partial charge in [-0.2, -0.15) is 0 Å². The first-order valence-electron chi connectivity index (χ1n) is 4.51. The Labute approximate surface area is 73.5 Å². The predicted molar refractivity (Wildman–Crippen MR) is 51.8 cm³/mol. The van der Waals surface area contributed by atoms with Crippen LogP contribution in [0.25, 0.3) is 0 Å². The minimum absolute atomic E-state index is 0.557. The van der Waals surface area contributed by atoms with Gasteiger partial charge in [0.05, 0.1) is 0 Å². The Morgan fingerprint density at radius 3 is 2.58 bits per heavy atom. The van der Waals surface area contributed by atoms with Crippen LogP contribution in [0.15, 0.2) is 16.8 Å². The van der Waals surface area contributed by atoms with E-state index in [9.17, 15) is 0 Å². The van der Waals surface area contributed by atoms with E-state index in [0.29, 0.717) is 11.8 Å². The van der Waals surface area contributed by atoms with Crippen LogP contribution in [0.2, 0.25) is 0 Å². The number of hydrogen-bond donors (Lipinski definition) is 2. The average molecular weight is 167 g/mol. The van der Waals surface area contributed by atoms with Crippen LogP contribution in [0.4, 0.5) is 0 Å². The number of nitrogens with two attached hydrogens (primary N) is 2. The monoisotopic (exact) mass is 167 g/mol. The van der Waals surface area contributed by atoms with Gasteiger partial charge in [0.2, 0.25) is 0 Å². The summed E-state index contributed by atoms with van der Waals surface area (Å²) in [4.78, 5) is 4.04. The summed E-state index contributed by atoms with van der Waals surface area (Å²) in [5.74, 6) is 1.12.